The number of aromatic nitrogens is 5. The van der Waals surface area contributed by atoms with Crippen molar-refractivity contribution in [3.8, 4) is 5.82 Å². The van der Waals surface area contributed by atoms with Gasteiger partial charge in [0.1, 0.15) is 4.99 Å². The summed E-state index contributed by atoms with van der Waals surface area (Å²) in [4.78, 5) is 0.325. The van der Waals surface area contributed by atoms with Gasteiger partial charge in [-0.05, 0) is 0 Å². The Hall–Kier alpha value is -1.76. The largest absolute Gasteiger partial charge is 0.389 e. The predicted octanol–water partition coefficient (Wildman–Crippen LogP) is -0.365. The average molecular weight is 208 g/mol. The van der Waals surface area contributed by atoms with Gasteiger partial charge in [-0.1, -0.05) is 17.4 Å². The molecule has 0 aliphatic heterocycles. The molecule has 6 nitrogen and oxygen atoms in total. The number of rotatable bonds is 2. The highest BCUT2D eigenvalue weighted by Crippen LogP contribution is 2.04. The van der Waals surface area contributed by atoms with Crippen LogP contribution >= 0.6 is 12.2 Å². The Morgan fingerprint density at radius 1 is 1.50 bits per heavy atom. The standard InChI is InChI=1S/C7H8N6S/c1-12-6(3-9-11-12)13-4-5(2-10-13)7(8)14/h2-4H,1H3,(H2,8,14). The van der Waals surface area contributed by atoms with Crippen molar-refractivity contribution in [1.82, 2.24) is 24.8 Å². The minimum atomic E-state index is 0.325. The molecule has 0 amide bonds. The van der Waals surface area contributed by atoms with E-state index in [1.807, 2.05) is 0 Å². The third-order valence-electron chi connectivity index (χ3n) is 1.79. The predicted molar refractivity (Wildman–Crippen MR) is 54.0 cm³/mol. The van der Waals surface area contributed by atoms with Crippen molar-refractivity contribution in [2.24, 2.45) is 12.8 Å². The van der Waals surface area contributed by atoms with Crippen molar-refractivity contribution in [2.75, 3.05) is 0 Å². The summed E-state index contributed by atoms with van der Waals surface area (Å²) in [6.07, 6.45) is 4.95. The molecule has 14 heavy (non-hydrogen) atoms. The van der Waals surface area contributed by atoms with E-state index in [1.165, 1.54) is 0 Å². The van der Waals surface area contributed by atoms with E-state index in [1.54, 1.807) is 35.0 Å². The van der Waals surface area contributed by atoms with Gasteiger partial charge in [0.05, 0.1) is 12.4 Å². The molecular formula is C7H8N6S. The maximum absolute atomic E-state index is 5.46. The van der Waals surface area contributed by atoms with Crippen molar-refractivity contribution in [3.63, 3.8) is 0 Å². The molecule has 2 heterocycles. The molecule has 0 aliphatic carbocycles. The van der Waals surface area contributed by atoms with Gasteiger partial charge in [-0.15, -0.1) is 5.10 Å². The fourth-order valence-corrected chi connectivity index (χ4v) is 1.17. The SMILES string of the molecule is Cn1nncc1-n1cc(C(N)=S)cn1. The molecule has 0 aliphatic rings. The van der Waals surface area contributed by atoms with E-state index in [9.17, 15) is 0 Å². The molecule has 0 saturated carbocycles. The lowest BCUT2D eigenvalue weighted by Gasteiger charge is -1.97. The third kappa shape index (κ3) is 1.37. The monoisotopic (exact) mass is 208 g/mol. The first-order chi connectivity index (χ1) is 6.68. The quantitative estimate of drug-likeness (QED) is 0.682. The summed E-state index contributed by atoms with van der Waals surface area (Å²) >= 11 is 4.82. The van der Waals surface area contributed by atoms with Gasteiger partial charge in [0, 0.05) is 18.8 Å². The van der Waals surface area contributed by atoms with Gasteiger partial charge < -0.3 is 5.73 Å². The Labute approximate surface area is 85.3 Å². The molecule has 0 unspecified atom stereocenters. The molecule has 0 bridgehead atoms. The van der Waals surface area contributed by atoms with Gasteiger partial charge in [-0.25, -0.2) is 9.36 Å². The van der Waals surface area contributed by atoms with Crippen molar-refractivity contribution in [2.45, 2.75) is 0 Å². The summed E-state index contributed by atoms with van der Waals surface area (Å²) in [5.41, 5.74) is 6.18. The van der Waals surface area contributed by atoms with Crippen molar-refractivity contribution >= 4 is 17.2 Å². The smallest absolute Gasteiger partial charge is 0.171 e. The fourth-order valence-electron chi connectivity index (χ4n) is 1.07. The van der Waals surface area contributed by atoms with E-state index in [-0.39, 0.29) is 0 Å². The van der Waals surface area contributed by atoms with Crippen LogP contribution in [0.3, 0.4) is 0 Å². The highest BCUT2D eigenvalue weighted by molar-refractivity contribution is 7.80. The Balaban J connectivity index is 2.43. The lowest BCUT2D eigenvalue weighted by molar-refractivity contribution is 0.672. The molecule has 0 spiro atoms. The first kappa shape index (κ1) is 8.82. The van der Waals surface area contributed by atoms with Crippen LogP contribution in [0.15, 0.2) is 18.6 Å². The molecule has 72 valence electrons. The minimum Gasteiger partial charge on any atom is -0.389 e. The highest BCUT2D eigenvalue weighted by atomic mass is 32.1. The molecule has 0 atom stereocenters. The topological polar surface area (TPSA) is 74.5 Å². The Morgan fingerprint density at radius 2 is 2.29 bits per heavy atom. The number of hydrogen-bond donors (Lipinski definition) is 1. The third-order valence-corrected chi connectivity index (χ3v) is 2.03. The van der Waals surface area contributed by atoms with Crippen LogP contribution < -0.4 is 5.73 Å². The molecule has 0 saturated heterocycles. The molecule has 0 radical (unpaired) electrons. The second-order valence-electron chi connectivity index (χ2n) is 2.75. The zero-order valence-electron chi connectivity index (χ0n) is 7.45. The molecule has 2 aromatic rings. The van der Waals surface area contributed by atoms with E-state index in [2.05, 4.69) is 15.4 Å². The second-order valence-corrected chi connectivity index (χ2v) is 3.19. The number of aryl methyl sites for hydroxylation is 1. The van der Waals surface area contributed by atoms with Crippen LogP contribution in [-0.2, 0) is 7.05 Å². The van der Waals surface area contributed by atoms with Gasteiger partial charge in [0.2, 0.25) is 0 Å². The van der Waals surface area contributed by atoms with Crippen molar-refractivity contribution < 1.29 is 0 Å². The second kappa shape index (κ2) is 3.18. The Bertz CT molecular complexity index is 470. The van der Waals surface area contributed by atoms with E-state index in [4.69, 9.17) is 18.0 Å². The lowest BCUT2D eigenvalue weighted by atomic mass is 10.4. The highest BCUT2D eigenvalue weighted by Gasteiger charge is 2.05. The zero-order valence-corrected chi connectivity index (χ0v) is 8.27. The molecule has 0 fully saturated rings. The maximum Gasteiger partial charge on any atom is 0.171 e. The first-order valence-corrected chi connectivity index (χ1v) is 4.29. The van der Waals surface area contributed by atoms with Crippen molar-refractivity contribution in [1.29, 1.82) is 0 Å². The minimum absolute atomic E-state index is 0.325. The maximum atomic E-state index is 5.46. The molecule has 2 N–H and O–H groups in total. The van der Waals surface area contributed by atoms with Crippen LogP contribution in [-0.4, -0.2) is 29.8 Å². The van der Waals surface area contributed by atoms with Gasteiger partial charge in [-0.2, -0.15) is 5.10 Å². The summed E-state index contributed by atoms with van der Waals surface area (Å²) in [7, 11) is 1.78. The molecule has 7 heteroatoms. The van der Waals surface area contributed by atoms with E-state index >= 15 is 0 Å². The number of nitrogens with two attached hydrogens (primary N) is 1. The van der Waals surface area contributed by atoms with Gasteiger partial charge >= 0.3 is 0 Å². The summed E-state index contributed by atoms with van der Waals surface area (Å²) in [5, 5.41) is 11.6. The summed E-state index contributed by atoms with van der Waals surface area (Å²) < 4.78 is 3.23. The van der Waals surface area contributed by atoms with Crippen LogP contribution in [0.1, 0.15) is 5.56 Å². The van der Waals surface area contributed by atoms with Gasteiger partial charge in [-0.3, -0.25) is 0 Å². The van der Waals surface area contributed by atoms with Gasteiger partial charge in [0.25, 0.3) is 0 Å². The first-order valence-electron chi connectivity index (χ1n) is 3.88. The lowest BCUT2D eigenvalue weighted by Crippen LogP contribution is -2.08. The van der Waals surface area contributed by atoms with Crippen LogP contribution in [0.5, 0.6) is 0 Å². The summed E-state index contributed by atoms with van der Waals surface area (Å²) in [6.45, 7) is 0. The molecular weight excluding hydrogens is 200 g/mol. The van der Waals surface area contributed by atoms with Crippen LogP contribution in [0.2, 0.25) is 0 Å². The average Bonchev–Trinajstić information content (AvgIpc) is 2.71. The van der Waals surface area contributed by atoms with E-state index in [0.717, 1.165) is 11.4 Å². The number of nitrogens with zero attached hydrogens (tertiary/aromatic N) is 5. The summed E-state index contributed by atoms with van der Waals surface area (Å²) in [5.74, 6) is 0.757. The van der Waals surface area contributed by atoms with E-state index in [0.29, 0.717) is 4.99 Å². The number of thiocarbonyl (C=S) groups is 1. The van der Waals surface area contributed by atoms with Crippen LogP contribution in [0, 0.1) is 0 Å². The van der Waals surface area contributed by atoms with Crippen molar-refractivity contribution in [3.05, 3.63) is 24.2 Å². The zero-order chi connectivity index (χ0) is 10.1. The fraction of sp³-hybridized carbons (Fsp3) is 0.143. The number of hydrogen-bond acceptors (Lipinski definition) is 4. The van der Waals surface area contributed by atoms with Crippen LogP contribution in [0.4, 0.5) is 0 Å². The normalized spacial score (nSPS) is 10.4. The molecule has 2 aromatic heterocycles. The molecule has 0 aromatic carbocycles. The van der Waals surface area contributed by atoms with Crippen LogP contribution in [0.25, 0.3) is 5.82 Å². The molecule has 2 rings (SSSR count). The van der Waals surface area contributed by atoms with Gasteiger partial charge in [0.15, 0.2) is 5.82 Å². The summed E-state index contributed by atoms with van der Waals surface area (Å²) in [6, 6.07) is 0. The Morgan fingerprint density at radius 3 is 2.79 bits per heavy atom. The Kier molecular flexibility index (Phi) is 2.01. The van der Waals surface area contributed by atoms with E-state index < -0.39 is 0 Å².